The monoisotopic (exact) mass is 265 g/mol. The third-order valence-corrected chi connectivity index (χ3v) is 4.18. The first-order valence-corrected chi connectivity index (χ1v) is 7.19. The molecule has 6 nitrogen and oxygen atoms in total. The molecule has 1 aromatic rings. The van der Waals surface area contributed by atoms with Gasteiger partial charge in [-0.3, -0.25) is 4.90 Å². The quantitative estimate of drug-likeness (QED) is 0.853. The van der Waals surface area contributed by atoms with Gasteiger partial charge in [0.15, 0.2) is 5.82 Å². The summed E-state index contributed by atoms with van der Waals surface area (Å²) < 4.78 is 5.46. The number of aromatic nitrogens is 2. The zero-order chi connectivity index (χ0) is 13.2. The van der Waals surface area contributed by atoms with Gasteiger partial charge in [0.1, 0.15) is 0 Å². The smallest absolute Gasteiger partial charge is 0.243 e. The largest absolute Gasteiger partial charge is 0.338 e. The summed E-state index contributed by atoms with van der Waals surface area (Å²) in [5.74, 6) is 1.59. The fourth-order valence-corrected chi connectivity index (χ4v) is 2.97. The van der Waals surface area contributed by atoms with Gasteiger partial charge in [0.2, 0.25) is 5.89 Å². The minimum Gasteiger partial charge on any atom is -0.338 e. The topological polar surface area (TPSA) is 57.4 Å². The standard InChI is InChI=1S/C13H23N5O/c1-17-7-4-8-18(2)11(9-17)12-15-13(19-16-12)10-5-3-6-14-10/h10-11,14H,3-9H2,1-2H3/t10-,11?/m0/s1. The molecule has 1 aromatic heterocycles. The summed E-state index contributed by atoms with van der Waals surface area (Å²) in [5.41, 5.74) is 0. The third kappa shape index (κ3) is 2.80. The maximum Gasteiger partial charge on any atom is 0.243 e. The van der Waals surface area contributed by atoms with Gasteiger partial charge in [0, 0.05) is 6.54 Å². The van der Waals surface area contributed by atoms with Crippen molar-refractivity contribution in [3.05, 3.63) is 11.7 Å². The van der Waals surface area contributed by atoms with E-state index in [1.165, 1.54) is 12.8 Å². The van der Waals surface area contributed by atoms with E-state index >= 15 is 0 Å². The Hall–Kier alpha value is -0.980. The highest BCUT2D eigenvalue weighted by Crippen LogP contribution is 2.25. The molecule has 3 rings (SSSR count). The van der Waals surface area contributed by atoms with Gasteiger partial charge in [0.05, 0.1) is 12.1 Å². The van der Waals surface area contributed by atoms with Crippen LogP contribution in [0.1, 0.15) is 43.1 Å². The second-order valence-electron chi connectivity index (χ2n) is 5.75. The van der Waals surface area contributed by atoms with E-state index in [1.807, 2.05) is 0 Å². The predicted octanol–water partition coefficient (Wildman–Crippen LogP) is 0.802. The molecule has 2 saturated heterocycles. The lowest BCUT2D eigenvalue weighted by Gasteiger charge is -2.24. The van der Waals surface area contributed by atoms with Crippen LogP contribution in [0.5, 0.6) is 0 Å². The van der Waals surface area contributed by atoms with E-state index in [1.54, 1.807) is 0 Å². The van der Waals surface area contributed by atoms with Gasteiger partial charge in [-0.05, 0) is 53.0 Å². The van der Waals surface area contributed by atoms with E-state index < -0.39 is 0 Å². The molecule has 2 aliphatic rings. The Morgan fingerprint density at radius 3 is 2.95 bits per heavy atom. The van der Waals surface area contributed by atoms with E-state index in [-0.39, 0.29) is 12.1 Å². The highest BCUT2D eigenvalue weighted by Gasteiger charge is 2.29. The first kappa shape index (κ1) is 13.0. The number of rotatable bonds is 2. The molecule has 0 spiro atoms. The van der Waals surface area contributed by atoms with Crippen LogP contribution in [0.25, 0.3) is 0 Å². The van der Waals surface area contributed by atoms with Crippen LogP contribution in [0.15, 0.2) is 4.52 Å². The van der Waals surface area contributed by atoms with Crippen molar-refractivity contribution in [2.24, 2.45) is 0 Å². The average Bonchev–Trinajstić information content (AvgIpc) is 3.03. The lowest BCUT2D eigenvalue weighted by Crippen LogP contribution is -2.31. The fraction of sp³-hybridized carbons (Fsp3) is 0.846. The molecule has 2 atom stereocenters. The number of nitrogens with zero attached hydrogens (tertiary/aromatic N) is 4. The summed E-state index contributed by atoms with van der Waals surface area (Å²) in [6.07, 6.45) is 3.48. The molecule has 0 aliphatic carbocycles. The summed E-state index contributed by atoms with van der Waals surface area (Å²) in [6.45, 7) is 4.23. The van der Waals surface area contributed by atoms with Gasteiger partial charge in [-0.25, -0.2) is 0 Å². The first-order valence-electron chi connectivity index (χ1n) is 7.19. The molecule has 2 aliphatic heterocycles. The molecule has 19 heavy (non-hydrogen) atoms. The van der Waals surface area contributed by atoms with Crippen LogP contribution in [-0.4, -0.2) is 60.2 Å². The number of likely N-dealkylation sites (N-methyl/N-ethyl adjacent to an activating group) is 2. The molecule has 1 N–H and O–H groups in total. The molecule has 0 saturated carbocycles. The Morgan fingerprint density at radius 1 is 1.26 bits per heavy atom. The van der Waals surface area contributed by atoms with E-state index in [4.69, 9.17) is 4.52 Å². The van der Waals surface area contributed by atoms with Gasteiger partial charge in [0.25, 0.3) is 0 Å². The van der Waals surface area contributed by atoms with E-state index in [2.05, 4.69) is 39.4 Å². The van der Waals surface area contributed by atoms with Crippen LogP contribution >= 0.6 is 0 Å². The molecule has 0 amide bonds. The van der Waals surface area contributed by atoms with Crippen molar-refractivity contribution >= 4 is 0 Å². The molecule has 6 heteroatoms. The lowest BCUT2D eigenvalue weighted by molar-refractivity contribution is 0.214. The second-order valence-corrected chi connectivity index (χ2v) is 5.75. The summed E-state index contributed by atoms with van der Waals surface area (Å²) in [4.78, 5) is 9.31. The molecule has 3 heterocycles. The van der Waals surface area contributed by atoms with Gasteiger partial charge in [-0.1, -0.05) is 5.16 Å². The highest BCUT2D eigenvalue weighted by molar-refractivity contribution is 5.01. The third-order valence-electron chi connectivity index (χ3n) is 4.18. The predicted molar refractivity (Wildman–Crippen MR) is 71.8 cm³/mol. The lowest BCUT2D eigenvalue weighted by atomic mass is 10.2. The molecule has 1 unspecified atom stereocenters. The van der Waals surface area contributed by atoms with Crippen LogP contribution in [0.2, 0.25) is 0 Å². The summed E-state index contributed by atoms with van der Waals surface area (Å²) in [5, 5.41) is 7.62. The fourth-order valence-electron chi connectivity index (χ4n) is 2.97. The van der Waals surface area contributed by atoms with Crippen molar-refractivity contribution in [3.8, 4) is 0 Å². The number of hydrogen-bond donors (Lipinski definition) is 1. The summed E-state index contributed by atoms with van der Waals surface area (Å²) in [7, 11) is 4.30. The van der Waals surface area contributed by atoms with Gasteiger partial charge < -0.3 is 14.7 Å². The number of hydrogen-bond acceptors (Lipinski definition) is 6. The van der Waals surface area contributed by atoms with Crippen molar-refractivity contribution in [1.29, 1.82) is 0 Å². The molecule has 2 fully saturated rings. The minimum absolute atomic E-state index is 0.242. The van der Waals surface area contributed by atoms with Gasteiger partial charge in [-0.15, -0.1) is 0 Å². The Morgan fingerprint density at radius 2 is 2.16 bits per heavy atom. The van der Waals surface area contributed by atoms with Gasteiger partial charge in [-0.2, -0.15) is 4.98 Å². The average molecular weight is 265 g/mol. The van der Waals surface area contributed by atoms with Gasteiger partial charge >= 0.3 is 0 Å². The maximum atomic E-state index is 5.46. The van der Waals surface area contributed by atoms with Crippen molar-refractivity contribution in [1.82, 2.24) is 25.3 Å². The first-order chi connectivity index (χ1) is 9.24. The normalized spacial score (nSPS) is 30.6. The van der Waals surface area contributed by atoms with Crippen LogP contribution in [0.4, 0.5) is 0 Å². The zero-order valence-corrected chi connectivity index (χ0v) is 11.8. The minimum atomic E-state index is 0.242. The van der Waals surface area contributed by atoms with Crippen molar-refractivity contribution < 1.29 is 4.52 Å². The van der Waals surface area contributed by atoms with Crippen LogP contribution in [-0.2, 0) is 0 Å². The second kappa shape index (κ2) is 5.56. The van der Waals surface area contributed by atoms with E-state index in [0.29, 0.717) is 0 Å². The molecular formula is C13H23N5O. The van der Waals surface area contributed by atoms with Crippen LogP contribution in [0, 0.1) is 0 Å². The van der Waals surface area contributed by atoms with Crippen molar-refractivity contribution in [2.75, 3.05) is 40.3 Å². The molecule has 0 bridgehead atoms. The maximum absolute atomic E-state index is 5.46. The molecular weight excluding hydrogens is 242 g/mol. The molecule has 0 radical (unpaired) electrons. The van der Waals surface area contributed by atoms with Crippen molar-refractivity contribution in [3.63, 3.8) is 0 Å². The Kier molecular flexibility index (Phi) is 3.81. The van der Waals surface area contributed by atoms with Crippen molar-refractivity contribution in [2.45, 2.75) is 31.3 Å². The zero-order valence-electron chi connectivity index (χ0n) is 11.8. The Bertz CT molecular complexity index is 415. The SMILES string of the molecule is CN1CCCN(C)C(c2noc([C@@H]3CCCN3)n2)C1. The Labute approximate surface area is 114 Å². The highest BCUT2D eigenvalue weighted by atomic mass is 16.5. The Balaban J connectivity index is 1.76. The number of nitrogens with one attached hydrogen (secondary N) is 1. The van der Waals surface area contributed by atoms with E-state index in [0.717, 1.165) is 44.3 Å². The molecule has 0 aromatic carbocycles. The van der Waals surface area contributed by atoms with E-state index in [9.17, 15) is 0 Å². The van der Waals surface area contributed by atoms with Crippen LogP contribution in [0.3, 0.4) is 0 Å². The summed E-state index contributed by atoms with van der Waals surface area (Å²) >= 11 is 0. The van der Waals surface area contributed by atoms with Crippen LogP contribution < -0.4 is 5.32 Å². The molecule has 106 valence electrons. The summed E-state index contributed by atoms with van der Waals surface area (Å²) in [6, 6.07) is 0.501.